The van der Waals surface area contributed by atoms with E-state index in [0.29, 0.717) is 22.9 Å². The summed E-state index contributed by atoms with van der Waals surface area (Å²) in [4.78, 5) is 23.2. The third kappa shape index (κ3) is 5.33. The maximum atomic E-state index is 11.9. The van der Waals surface area contributed by atoms with Crippen LogP contribution in [0.25, 0.3) is 17.3 Å². The number of hydrogen-bond donors (Lipinski definition) is 2. The van der Waals surface area contributed by atoms with Crippen LogP contribution in [0.2, 0.25) is 5.15 Å². The van der Waals surface area contributed by atoms with Crippen molar-refractivity contribution in [1.29, 1.82) is 0 Å². The zero-order valence-electron chi connectivity index (χ0n) is 21.3. The summed E-state index contributed by atoms with van der Waals surface area (Å²) in [6.07, 6.45) is 2.02. The molecule has 38 heavy (non-hydrogen) atoms. The number of carboxylic acids is 2. The molecule has 0 fully saturated rings. The van der Waals surface area contributed by atoms with Gasteiger partial charge in [-0.2, -0.15) is 5.10 Å². The fraction of sp³-hybridized carbons (Fsp3) is 0.167. The van der Waals surface area contributed by atoms with E-state index in [1.807, 2.05) is 50.2 Å². The van der Waals surface area contributed by atoms with Crippen LogP contribution in [0.3, 0.4) is 0 Å². The summed E-state index contributed by atoms with van der Waals surface area (Å²) in [5.41, 5.74) is 6.58. The Morgan fingerprint density at radius 3 is 2.42 bits per heavy atom. The minimum Gasteiger partial charge on any atom is -0.489 e. The topological polar surface area (TPSA) is 102 Å². The molecule has 4 aromatic rings. The van der Waals surface area contributed by atoms with Gasteiger partial charge in [-0.05, 0) is 72.9 Å². The van der Waals surface area contributed by atoms with E-state index < -0.39 is 11.9 Å². The molecule has 1 heterocycles. The highest BCUT2D eigenvalue weighted by molar-refractivity contribution is 6.30. The van der Waals surface area contributed by atoms with Gasteiger partial charge in [0.25, 0.3) is 0 Å². The van der Waals surface area contributed by atoms with Crippen LogP contribution in [0.15, 0.2) is 61.2 Å². The summed E-state index contributed by atoms with van der Waals surface area (Å²) in [6.45, 7) is 8.05. The fourth-order valence-corrected chi connectivity index (χ4v) is 4.57. The molecule has 0 bridgehead atoms. The fourth-order valence-electron chi connectivity index (χ4n) is 4.45. The average Bonchev–Trinajstić information content (AvgIpc) is 3.15. The van der Waals surface area contributed by atoms with Gasteiger partial charge < -0.3 is 14.9 Å². The molecule has 2 N–H and O–H groups in total. The lowest BCUT2D eigenvalue weighted by atomic mass is 9.93. The van der Waals surface area contributed by atoms with Crippen molar-refractivity contribution in [1.82, 2.24) is 9.78 Å². The number of benzene rings is 3. The summed E-state index contributed by atoms with van der Waals surface area (Å²) in [5, 5.41) is 24.1. The predicted molar refractivity (Wildman–Crippen MR) is 147 cm³/mol. The summed E-state index contributed by atoms with van der Waals surface area (Å²) < 4.78 is 7.87. The Kier molecular flexibility index (Phi) is 7.69. The maximum absolute atomic E-state index is 11.9. The summed E-state index contributed by atoms with van der Waals surface area (Å²) >= 11 is 6.30. The molecule has 0 saturated carbocycles. The summed E-state index contributed by atoms with van der Waals surface area (Å²) in [6, 6.07) is 15.7. The van der Waals surface area contributed by atoms with E-state index in [9.17, 15) is 19.8 Å². The SMILES string of the molecule is C=Cc1cccc(Cc2ccc(C(=O)O)cc2C(=O)O)c1COc1ccc(-c2nn(C)c(Cl)c2C)cc1C. The number of aromatic carboxylic acids is 2. The van der Waals surface area contributed by atoms with Gasteiger partial charge in [0.1, 0.15) is 17.5 Å². The van der Waals surface area contributed by atoms with E-state index in [0.717, 1.165) is 39.1 Å². The first-order valence-electron chi connectivity index (χ1n) is 11.9. The zero-order chi connectivity index (χ0) is 27.6. The van der Waals surface area contributed by atoms with E-state index in [4.69, 9.17) is 16.3 Å². The van der Waals surface area contributed by atoms with Gasteiger partial charge in [0.2, 0.25) is 0 Å². The Bertz CT molecular complexity index is 1570. The van der Waals surface area contributed by atoms with Gasteiger partial charge in [-0.1, -0.05) is 48.5 Å². The maximum Gasteiger partial charge on any atom is 0.336 e. The lowest BCUT2D eigenvalue weighted by Crippen LogP contribution is -2.09. The van der Waals surface area contributed by atoms with Gasteiger partial charge in [0.05, 0.1) is 16.8 Å². The van der Waals surface area contributed by atoms with Crippen LogP contribution in [0.5, 0.6) is 5.75 Å². The molecule has 0 radical (unpaired) electrons. The number of aryl methyl sites for hydroxylation is 2. The van der Waals surface area contributed by atoms with Crippen molar-refractivity contribution in [3.05, 3.63) is 111 Å². The Morgan fingerprint density at radius 2 is 1.82 bits per heavy atom. The molecule has 0 aliphatic carbocycles. The van der Waals surface area contributed by atoms with Crippen molar-refractivity contribution in [3.63, 3.8) is 0 Å². The minimum absolute atomic E-state index is 0.0443. The molecule has 0 saturated heterocycles. The molecule has 0 spiro atoms. The van der Waals surface area contributed by atoms with Crippen molar-refractivity contribution >= 4 is 29.6 Å². The molecular weight excluding hydrogens is 504 g/mol. The van der Waals surface area contributed by atoms with E-state index in [-0.39, 0.29) is 17.7 Å². The number of halogens is 1. The summed E-state index contributed by atoms with van der Waals surface area (Å²) in [5.74, 6) is -1.65. The smallest absolute Gasteiger partial charge is 0.336 e. The van der Waals surface area contributed by atoms with Gasteiger partial charge in [-0.25, -0.2) is 9.59 Å². The zero-order valence-corrected chi connectivity index (χ0v) is 22.0. The highest BCUT2D eigenvalue weighted by atomic mass is 35.5. The standard InChI is InChI=1S/C30H27ClN2O5/c1-5-19-7-6-8-20(14-21-9-10-23(29(34)35)15-24(21)30(36)37)25(19)16-38-26-12-11-22(13-17(26)2)27-18(3)28(31)33(4)32-27/h5-13,15H,1,14,16H2,2-4H3,(H,34,35)(H,36,37). The number of aromatic nitrogens is 2. The number of carbonyl (C=O) groups is 2. The number of rotatable bonds is 9. The van der Waals surface area contributed by atoms with Crippen LogP contribution in [0.1, 0.15) is 54.1 Å². The second-order valence-corrected chi connectivity index (χ2v) is 9.36. The number of carboxylic acid groups (broad SMARTS) is 2. The first-order valence-corrected chi connectivity index (χ1v) is 12.2. The molecule has 0 unspecified atom stereocenters. The number of nitrogens with zero attached hydrogens (tertiary/aromatic N) is 2. The third-order valence-corrected chi connectivity index (χ3v) is 7.04. The van der Waals surface area contributed by atoms with Crippen molar-refractivity contribution in [2.24, 2.45) is 7.05 Å². The van der Waals surface area contributed by atoms with Gasteiger partial charge in [0.15, 0.2) is 0 Å². The monoisotopic (exact) mass is 530 g/mol. The second kappa shape index (κ2) is 10.9. The highest BCUT2D eigenvalue weighted by Gasteiger charge is 2.18. The van der Waals surface area contributed by atoms with Crippen molar-refractivity contribution in [3.8, 4) is 17.0 Å². The van der Waals surface area contributed by atoms with Crippen LogP contribution >= 0.6 is 11.6 Å². The number of hydrogen-bond acceptors (Lipinski definition) is 4. The minimum atomic E-state index is -1.18. The van der Waals surface area contributed by atoms with Gasteiger partial charge in [0, 0.05) is 23.7 Å². The normalized spacial score (nSPS) is 10.8. The average molecular weight is 531 g/mol. The first kappa shape index (κ1) is 26.7. The highest BCUT2D eigenvalue weighted by Crippen LogP contribution is 2.31. The largest absolute Gasteiger partial charge is 0.489 e. The lowest BCUT2D eigenvalue weighted by molar-refractivity contribution is 0.0695. The molecule has 194 valence electrons. The van der Waals surface area contributed by atoms with Crippen LogP contribution < -0.4 is 4.74 Å². The Labute approximate surface area is 225 Å². The molecule has 0 aliphatic rings. The van der Waals surface area contributed by atoms with Crippen LogP contribution in [-0.4, -0.2) is 31.9 Å². The molecule has 8 heteroatoms. The third-order valence-electron chi connectivity index (χ3n) is 6.52. The molecule has 0 amide bonds. The Balaban J connectivity index is 1.63. The summed E-state index contributed by atoms with van der Waals surface area (Å²) in [7, 11) is 1.80. The molecule has 1 aromatic heterocycles. The molecule has 7 nitrogen and oxygen atoms in total. The quantitative estimate of drug-likeness (QED) is 0.254. The lowest BCUT2D eigenvalue weighted by Gasteiger charge is -2.17. The molecular formula is C30H27ClN2O5. The van der Waals surface area contributed by atoms with Gasteiger partial charge >= 0.3 is 11.9 Å². The van der Waals surface area contributed by atoms with E-state index in [2.05, 4.69) is 11.7 Å². The second-order valence-electron chi connectivity index (χ2n) is 9.01. The van der Waals surface area contributed by atoms with Crippen LogP contribution in [-0.2, 0) is 20.1 Å². The Morgan fingerprint density at radius 1 is 1.05 bits per heavy atom. The van der Waals surface area contributed by atoms with E-state index >= 15 is 0 Å². The van der Waals surface area contributed by atoms with Crippen molar-refractivity contribution < 1.29 is 24.5 Å². The first-order chi connectivity index (χ1) is 18.1. The van der Waals surface area contributed by atoms with Crippen molar-refractivity contribution in [2.75, 3.05) is 0 Å². The van der Waals surface area contributed by atoms with E-state index in [1.165, 1.54) is 12.1 Å². The Hall–Kier alpha value is -4.36. The predicted octanol–water partition coefficient (Wildman–Crippen LogP) is 6.57. The van der Waals surface area contributed by atoms with Gasteiger partial charge in [-0.3, -0.25) is 4.68 Å². The van der Waals surface area contributed by atoms with Gasteiger partial charge in [-0.15, -0.1) is 0 Å². The molecule has 0 atom stereocenters. The molecule has 0 aliphatic heterocycles. The molecule has 4 rings (SSSR count). The number of ether oxygens (including phenoxy) is 1. The van der Waals surface area contributed by atoms with Crippen molar-refractivity contribution in [2.45, 2.75) is 26.9 Å². The van der Waals surface area contributed by atoms with Crippen LogP contribution in [0, 0.1) is 13.8 Å². The van der Waals surface area contributed by atoms with E-state index in [1.54, 1.807) is 23.9 Å². The molecule has 3 aromatic carbocycles. The van der Waals surface area contributed by atoms with Crippen LogP contribution in [0.4, 0.5) is 0 Å².